The Kier molecular flexibility index (Phi) is 6.59. The van der Waals surface area contributed by atoms with Crippen LogP contribution in [0.2, 0.25) is 0 Å². The summed E-state index contributed by atoms with van der Waals surface area (Å²) in [6.45, 7) is 6.48. The van der Waals surface area contributed by atoms with Crippen molar-refractivity contribution in [2.75, 3.05) is 32.7 Å². The lowest BCUT2D eigenvalue weighted by Crippen LogP contribution is -2.48. The first-order valence-electron chi connectivity index (χ1n) is 8.29. The molecule has 0 radical (unpaired) electrons. The number of rotatable bonds is 7. The number of Topliss-reactive ketones (excluding diaryl/α,β-unsaturated/α-hetero) is 1. The summed E-state index contributed by atoms with van der Waals surface area (Å²) >= 11 is 0. The van der Waals surface area contributed by atoms with Crippen molar-refractivity contribution < 1.29 is 9.59 Å². The van der Waals surface area contributed by atoms with E-state index in [1.54, 1.807) is 0 Å². The van der Waals surface area contributed by atoms with Gasteiger partial charge >= 0.3 is 0 Å². The number of hydrogen-bond acceptors (Lipinski definition) is 3. The third kappa shape index (κ3) is 4.95. The maximum absolute atomic E-state index is 12.0. The number of amides is 1. The third-order valence-electron chi connectivity index (χ3n) is 4.16. The van der Waals surface area contributed by atoms with E-state index >= 15 is 0 Å². The number of ketones is 1. The van der Waals surface area contributed by atoms with E-state index in [2.05, 4.69) is 4.90 Å². The molecule has 1 fully saturated rings. The summed E-state index contributed by atoms with van der Waals surface area (Å²) in [5, 5.41) is 0. The van der Waals surface area contributed by atoms with Gasteiger partial charge in [0.2, 0.25) is 5.91 Å². The van der Waals surface area contributed by atoms with Gasteiger partial charge in [-0.05, 0) is 19.4 Å². The highest BCUT2D eigenvalue weighted by atomic mass is 16.2. The van der Waals surface area contributed by atoms with Crippen molar-refractivity contribution in [1.29, 1.82) is 0 Å². The largest absolute Gasteiger partial charge is 0.340 e. The summed E-state index contributed by atoms with van der Waals surface area (Å²) in [7, 11) is 0. The van der Waals surface area contributed by atoms with Gasteiger partial charge in [0.25, 0.3) is 0 Å². The molecule has 1 aliphatic heterocycles. The molecule has 22 heavy (non-hydrogen) atoms. The van der Waals surface area contributed by atoms with Gasteiger partial charge in [0.05, 0.1) is 0 Å². The van der Waals surface area contributed by atoms with Crippen LogP contribution in [0.5, 0.6) is 0 Å². The molecule has 120 valence electrons. The molecule has 0 bridgehead atoms. The molecule has 1 amide bonds. The average Bonchev–Trinajstić information content (AvgIpc) is 2.56. The first-order valence-corrected chi connectivity index (χ1v) is 8.29. The molecule has 0 unspecified atom stereocenters. The van der Waals surface area contributed by atoms with E-state index in [4.69, 9.17) is 0 Å². The quantitative estimate of drug-likeness (QED) is 0.727. The molecular formula is C18H26N2O2. The molecule has 1 saturated heterocycles. The van der Waals surface area contributed by atoms with E-state index in [1.807, 2.05) is 42.2 Å². The maximum Gasteiger partial charge on any atom is 0.222 e. The van der Waals surface area contributed by atoms with Gasteiger partial charge in [-0.15, -0.1) is 0 Å². The predicted octanol–water partition coefficient (Wildman–Crippen LogP) is 2.59. The van der Waals surface area contributed by atoms with Crippen LogP contribution in [0, 0.1) is 0 Å². The summed E-state index contributed by atoms with van der Waals surface area (Å²) in [6, 6.07) is 9.48. The first kappa shape index (κ1) is 16.7. The molecule has 0 atom stereocenters. The molecule has 4 nitrogen and oxygen atoms in total. The zero-order valence-electron chi connectivity index (χ0n) is 13.5. The van der Waals surface area contributed by atoms with Crippen LogP contribution in [0.1, 0.15) is 43.0 Å². The lowest BCUT2D eigenvalue weighted by atomic mass is 10.1. The smallest absolute Gasteiger partial charge is 0.222 e. The Labute approximate surface area is 133 Å². The fourth-order valence-corrected chi connectivity index (χ4v) is 2.82. The zero-order chi connectivity index (χ0) is 15.8. The van der Waals surface area contributed by atoms with E-state index in [9.17, 15) is 9.59 Å². The number of carbonyl (C=O) groups is 2. The van der Waals surface area contributed by atoms with E-state index in [0.29, 0.717) is 12.8 Å². The minimum absolute atomic E-state index is 0.220. The maximum atomic E-state index is 12.0. The average molecular weight is 302 g/mol. The van der Waals surface area contributed by atoms with Crippen LogP contribution in [-0.4, -0.2) is 54.2 Å². The Balaban J connectivity index is 1.65. The Morgan fingerprint density at radius 2 is 1.68 bits per heavy atom. The Morgan fingerprint density at radius 3 is 2.32 bits per heavy atom. The second kappa shape index (κ2) is 8.69. The summed E-state index contributed by atoms with van der Waals surface area (Å²) in [4.78, 5) is 28.2. The van der Waals surface area contributed by atoms with Crippen LogP contribution in [0.25, 0.3) is 0 Å². The number of carbonyl (C=O) groups excluding carboxylic acids is 2. The minimum atomic E-state index is 0.220. The topological polar surface area (TPSA) is 40.6 Å². The monoisotopic (exact) mass is 302 g/mol. The van der Waals surface area contributed by atoms with Crippen molar-refractivity contribution in [2.45, 2.75) is 32.6 Å². The first-order chi connectivity index (χ1) is 10.7. The minimum Gasteiger partial charge on any atom is -0.340 e. The third-order valence-corrected chi connectivity index (χ3v) is 4.16. The van der Waals surface area contributed by atoms with Crippen LogP contribution in [-0.2, 0) is 4.79 Å². The van der Waals surface area contributed by atoms with E-state index in [-0.39, 0.29) is 11.7 Å². The summed E-state index contributed by atoms with van der Waals surface area (Å²) < 4.78 is 0. The fourth-order valence-electron chi connectivity index (χ4n) is 2.82. The van der Waals surface area contributed by atoms with Gasteiger partial charge in [-0.2, -0.15) is 0 Å². The SMILES string of the molecule is CCCC(=O)N1CCN(CCCC(=O)c2ccccc2)CC1. The van der Waals surface area contributed by atoms with Crippen LogP contribution < -0.4 is 0 Å². The lowest BCUT2D eigenvalue weighted by Gasteiger charge is -2.34. The molecule has 2 rings (SSSR count). The molecule has 0 aliphatic carbocycles. The van der Waals surface area contributed by atoms with Crippen molar-refractivity contribution in [1.82, 2.24) is 9.80 Å². The van der Waals surface area contributed by atoms with Gasteiger partial charge in [0, 0.05) is 44.6 Å². The van der Waals surface area contributed by atoms with Crippen LogP contribution >= 0.6 is 0 Å². The van der Waals surface area contributed by atoms with Crippen LogP contribution in [0.15, 0.2) is 30.3 Å². The zero-order valence-corrected chi connectivity index (χ0v) is 13.5. The van der Waals surface area contributed by atoms with Crippen molar-refractivity contribution >= 4 is 11.7 Å². The molecule has 0 N–H and O–H groups in total. The summed E-state index contributed by atoms with van der Waals surface area (Å²) in [5.74, 6) is 0.499. The molecule has 0 saturated carbocycles. The van der Waals surface area contributed by atoms with Crippen molar-refractivity contribution in [2.24, 2.45) is 0 Å². The van der Waals surface area contributed by atoms with E-state index in [1.165, 1.54) is 0 Å². The molecular weight excluding hydrogens is 276 g/mol. The molecule has 0 spiro atoms. The van der Waals surface area contributed by atoms with Gasteiger partial charge in [-0.25, -0.2) is 0 Å². The number of nitrogens with zero attached hydrogens (tertiary/aromatic N) is 2. The van der Waals surface area contributed by atoms with E-state index in [0.717, 1.165) is 51.1 Å². The Hall–Kier alpha value is -1.68. The second-order valence-corrected chi connectivity index (χ2v) is 5.87. The highest BCUT2D eigenvalue weighted by molar-refractivity contribution is 5.95. The van der Waals surface area contributed by atoms with Gasteiger partial charge in [-0.3, -0.25) is 14.5 Å². The van der Waals surface area contributed by atoms with Crippen molar-refractivity contribution in [3.63, 3.8) is 0 Å². The summed E-state index contributed by atoms with van der Waals surface area (Å²) in [5.41, 5.74) is 0.803. The molecule has 1 aromatic carbocycles. The lowest BCUT2D eigenvalue weighted by molar-refractivity contribution is -0.132. The Morgan fingerprint density at radius 1 is 1.00 bits per heavy atom. The predicted molar refractivity (Wildman–Crippen MR) is 87.9 cm³/mol. The number of hydrogen-bond donors (Lipinski definition) is 0. The van der Waals surface area contributed by atoms with Crippen molar-refractivity contribution in [3.05, 3.63) is 35.9 Å². The normalized spacial score (nSPS) is 15.8. The molecule has 1 aliphatic rings. The molecule has 1 heterocycles. The van der Waals surface area contributed by atoms with Gasteiger partial charge in [-0.1, -0.05) is 37.3 Å². The molecule has 0 aromatic heterocycles. The van der Waals surface area contributed by atoms with E-state index < -0.39 is 0 Å². The van der Waals surface area contributed by atoms with Gasteiger partial charge in [0.15, 0.2) is 5.78 Å². The van der Waals surface area contributed by atoms with Gasteiger partial charge < -0.3 is 4.90 Å². The molecule has 4 heteroatoms. The van der Waals surface area contributed by atoms with Crippen LogP contribution in [0.4, 0.5) is 0 Å². The Bertz CT molecular complexity index is 479. The fraction of sp³-hybridized carbons (Fsp3) is 0.556. The van der Waals surface area contributed by atoms with Gasteiger partial charge in [0.1, 0.15) is 0 Å². The number of benzene rings is 1. The number of piperazine rings is 1. The van der Waals surface area contributed by atoms with Crippen molar-refractivity contribution in [3.8, 4) is 0 Å². The highest BCUT2D eigenvalue weighted by Crippen LogP contribution is 2.09. The standard InChI is InChI=1S/C18H26N2O2/c1-2-7-18(22)20-14-12-19(13-15-20)11-6-10-17(21)16-8-4-3-5-9-16/h3-5,8-9H,2,6-7,10-15H2,1H3. The summed E-state index contributed by atoms with van der Waals surface area (Å²) in [6.07, 6.45) is 3.06. The molecule has 1 aromatic rings. The van der Waals surface area contributed by atoms with Crippen LogP contribution in [0.3, 0.4) is 0 Å². The second-order valence-electron chi connectivity index (χ2n) is 5.87. The highest BCUT2D eigenvalue weighted by Gasteiger charge is 2.20.